The van der Waals surface area contributed by atoms with Crippen molar-refractivity contribution in [3.63, 3.8) is 0 Å². The van der Waals surface area contributed by atoms with Crippen LogP contribution < -0.4 is 5.32 Å². The molecule has 1 atom stereocenters. The normalized spacial score (nSPS) is 11.9. The number of rotatable bonds is 6. The number of hydrogen-bond donors (Lipinski definition) is 1. The molecule has 1 amide bonds. The van der Waals surface area contributed by atoms with E-state index in [0.717, 1.165) is 12.0 Å². The maximum atomic E-state index is 12.3. The Morgan fingerprint density at radius 1 is 1.14 bits per heavy atom. The summed E-state index contributed by atoms with van der Waals surface area (Å²) < 4.78 is 12.0. The van der Waals surface area contributed by atoms with Gasteiger partial charge in [-0.25, -0.2) is 0 Å². The molecule has 2 aromatic carbocycles. The van der Waals surface area contributed by atoms with Crippen molar-refractivity contribution >= 4 is 28.3 Å². The van der Waals surface area contributed by atoms with E-state index in [1.54, 1.807) is 24.3 Å². The van der Waals surface area contributed by atoms with Crippen LogP contribution in [0.15, 0.2) is 53.4 Å². The molecule has 0 bridgehead atoms. The molecule has 0 unspecified atom stereocenters. The van der Waals surface area contributed by atoms with Crippen LogP contribution in [-0.4, -0.2) is 22.4 Å². The summed E-state index contributed by atoms with van der Waals surface area (Å²) in [5.41, 5.74) is 1.59. The number of carbonyl (C=O) groups excluding carboxylic acids is 1. The van der Waals surface area contributed by atoms with E-state index in [9.17, 15) is 9.00 Å². The van der Waals surface area contributed by atoms with E-state index in [2.05, 4.69) is 5.32 Å². The van der Waals surface area contributed by atoms with Gasteiger partial charge in [0.05, 0.1) is 21.3 Å². The van der Waals surface area contributed by atoms with Gasteiger partial charge in [0.2, 0.25) is 0 Å². The third kappa shape index (κ3) is 4.42. The smallest absolute Gasteiger partial charge is 0.252 e. The zero-order valence-corrected chi connectivity index (χ0v) is 13.9. The Bertz CT molecular complexity index is 671. The summed E-state index contributed by atoms with van der Waals surface area (Å²) in [4.78, 5) is 12.9. The second kappa shape index (κ2) is 8.11. The van der Waals surface area contributed by atoms with Gasteiger partial charge in [-0.1, -0.05) is 42.8 Å². The van der Waals surface area contributed by atoms with E-state index < -0.39 is 10.8 Å². The van der Waals surface area contributed by atoms with Crippen molar-refractivity contribution in [2.24, 2.45) is 0 Å². The van der Waals surface area contributed by atoms with Gasteiger partial charge in [-0.05, 0) is 36.2 Å². The van der Waals surface area contributed by atoms with E-state index >= 15 is 0 Å². The second-order valence-corrected chi connectivity index (χ2v) is 6.91. The van der Waals surface area contributed by atoms with Crippen LogP contribution >= 0.6 is 11.6 Å². The zero-order chi connectivity index (χ0) is 15.9. The molecule has 0 saturated heterocycles. The largest absolute Gasteiger partial charge is 0.352 e. The first-order chi connectivity index (χ1) is 10.6. The van der Waals surface area contributed by atoms with Crippen molar-refractivity contribution in [2.75, 3.05) is 12.3 Å². The summed E-state index contributed by atoms with van der Waals surface area (Å²) >= 11 is 5.84. The highest BCUT2D eigenvalue weighted by atomic mass is 35.5. The fourth-order valence-electron chi connectivity index (χ4n) is 2.07. The minimum absolute atomic E-state index is 0.189. The standard InChI is InChI=1S/C17H18ClNO2S/c1-2-22(21)16-6-4-3-5-15(16)17(20)19-12-11-13-7-9-14(18)10-8-13/h3-10H,2,11-12H2,1H3,(H,19,20)/t22-/m0/s1. The molecule has 3 nitrogen and oxygen atoms in total. The molecule has 0 fully saturated rings. The number of amides is 1. The Morgan fingerprint density at radius 2 is 1.82 bits per heavy atom. The van der Waals surface area contributed by atoms with Crippen molar-refractivity contribution < 1.29 is 9.00 Å². The molecular weight excluding hydrogens is 318 g/mol. The first-order valence-corrected chi connectivity index (χ1v) is 8.81. The number of carbonyl (C=O) groups is 1. The van der Waals surface area contributed by atoms with Crippen molar-refractivity contribution in [1.82, 2.24) is 5.32 Å². The molecule has 2 aromatic rings. The van der Waals surface area contributed by atoms with Crippen LogP contribution in [0.4, 0.5) is 0 Å². The predicted octanol–water partition coefficient (Wildman–Crippen LogP) is 3.44. The average Bonchev–Trinajstić information content (AvgIpc) is 2.56. The molecular formula is C17H18ClNO2S. The Morgan fingerprint density at radius 3 is 2.50 bits per heavy atom. The molecule has 0 aromatic heterocycles. The van der Waals surface area contributed by atoms with Crippen molar-refractivity contribution in [3.8, 4) is 0 Å². The third-order valence-electron chi connectivity index (χ3n) is 3.25. The number of nitrogens with one attached hydrogen (secondary N) is 1. The number of halogens is 1. The van der Waals surface area contributed by atoms with Crippen molar-refractivity contribution in [1.29, 1.82) is 0 Å². The van der Waals surface area contributed by atoms with Crippen molar-refractivity contribution in [2.45, 2.75) is 18.2 Å². The lowest BCUT2D eigenvalue weighted by atomic mass is 10.1. The van der Waals surface area contributed by atoms with Gasteiger partial charge < -0.3 is 5.32 Å². The van der Waals surface area contributed by atoms with Crippen molar-refractivity contribution in [3.05, 3.63) is 64.7 Å². The van der Waals surface area contributed by atoms with Crippen LogP contribution in [0.3, 0.4) is 0 Å². The fraction of sp³-hybridized carbons (Fsp3) is 0.235. The summed E-state index contributed by atoms with van der Waals surface area (Å²) in [6.07, 6.45) is 0.724. The molecule has 0 aliphatic carbocycles. The molecule has 0 heterocycles. The third-order valence-corrected chi connectivity index (χ3v) is 4.87. The molecule has 0 spiro atoms. The molecule has 0 aliphatic rings. The molecule has 2 rings (SSSR count). The van der Waals surface area contributed by atoms with Gasteiger partial charge in [-0.15, -0.1) is 0 Å². The van der Waals surface area contributed by atoms with Crippen LogP contribution in [0, 0.1) is 0 Å². The molecule has 0 radical (unpaired) electrons. The Hall–Kier alpha value is -1.65. The molecule has 0 saturated carbocycles. The molecule has 22 heavy (non-hydrogen) atoms. The maximum Gasteiger partial charge on any atom is 0.252 e. The van der Waals surface area contributed by atoms with Gasteiger partial charge in [-0.3, -0.25) is 9.00 Å². The summed E-state index contributed by atoms with van der Waals surface area (Å²) in [5, 5.41) is 3.57. The van der Waals surface area contributed by atoms with Crippen LogP contribution in [0.25, 0.3) is 0 Å². The second-order valence-electron chi connectivity index (χ2n) is 4.76. The summed E-state index contributed by atoms with van der Waals surface area (Å²) in [6, 6.07) is 14.6. The Balaban J connectivity index is 1.98. The molecule has 1 N–H and O–H groups in total. The lowest BCUT2D eigenvalue weighted by Gasteiger charge is -2.09. The van der Waals surface area contributed by atoms with Crippen LogP contribution in [-0.2, 0) is 17.2 Å². The van der Waals surface area contributed by atoms with Crippen LogP contribution in [0.2, 0.25) is 5.02 Å². The van der Waals surface area contributed by atoms with E-state index in [1.165, 1.54) is 0 Å². The van der Waals surface area contributed by atoms with Gasteiger partial charge in [0.15, 0.2) is 0 Å². The van der Waals surface area contributed by atoms with Gasteiger partial charge in [-0.2, -0.15) is 0 Å². The van der Waals surface area contributed by atoms with Crippen LogP contribution in [0.5, 0.6) is 0 Å². The lowest BCUT2D eigenvalue weighted by Crippen LogP contribution is -2.26. The molecule has 116 valence electrons. The topological polar surface area (TPSA) is 46.2 Å². The quantitative estimate of drug-likeness (QED) is 0.879. The highest BCUT2D eigenvalue weighted by molar-refractivity contribution is 7.85. The first kappa shape index (κ1) is 16.7. The van der Waals surface area contributed by atoms with Gasteiger partial charge in [0, 0.05) is 17.3 Å². The van der Waals surface area contributed by atoms with Gasteiger partial charge >= 0.3 is 0 Å². The maximum absolute atomic E-state index is 12.3. The fourth-order valence-corrected chi connectivity index (χ4v) is 3.15. The van der Waals surface area contributed by atoms with Gasteiger partial charge in [0.1, 0.15) is 0 Å². The predicted molar refractivity (Wildman–Crippen MR) is 90.9 cm³/mol. The monoisotopic (exact) mass is 335 g/mol. The highest BCUT2D eigenvalue weighted by Crippen LogP contribution is 2.14. The number of hydrogen-bond acceptors (Lipinski definition) is 2. The van der Waals surface area contributed by atoms with Crippen LogP contribution in [0.1, 0.15) is 22.8 Å². The minimum Gasteiger partial charge on any atom is -0.352 e. The summed E-state index contributed by atoms with van der Waals surface area (Å²) in [7, 11) is -1.14. The lowest BCUT2D eigenvalue weighted by molar-refractivity contribution is 0.0951. The minimum atomic E-state index is -1.14. The Kier molecular flexibility index (Phi) is 6.16. The van der Waals surface area contributed by atoms with E-state index in [0.29, 0.717) is 27.8 Å². The van der Waals surface area contributed by atoms with E-state index in [1.807, 2.05) is 31.2 Å². The van der Waals surface area contributed by atoms with E-state index in [-0.39, 0.29) is 5.91 Å². The average molecular weight is 336 g/mol. The zero-order valence-electron chi connectivity index (χ0n) is 12.3. The SMILES string of the molecule is CC[S@](=O)c1ccccc1C(=O)NCCc1ccc(Cl)cc1. The highest BCUT2D eigenvalue weighted by Gasteiger charge is 2.13. The van der Waals surface area contributed by atoms with E-state index in [4.69, 9.17) is 11.6 Å². The molecule has 0 aliphatic heterocycles. The summed E-state index contributed by atoms with van der Waals surface area (Å²) in [6.45, 7) is 2.36. The van der Waals surface area contributed by atoms with Gasteiger partial charge in [0.25, 0.3) is 5.91 Å². The first-order valence-electron chi connectivity index (χ1n) is 7.12. The Labute approximate surface area is 138 Å². The number of benzene rings is 2. The summed E-state index contributed by atoms with van der Waals surface area (Å²) in [5.74, 6) is 0.307. The molecule has 5 heteroatoms.